The summed E-state index contributed by atoms with van der Waals surface area (Å²) in [4.78, 5) is 82.4. The van der Waals surface area contributed by atoms with Crippen LogP contribution in [0.2, 0.25) is 0 Å². The predicted octanol–water partition coefficient (Wildman–Crippen LogP) is 4.05. The molecule has 5 aromatic rings. The Morgan fingerprint density at radius 1 is 0.879 bits per heavy atom. The summed E-state index contributed by atoms with van der Waals surface area (Å²) in [6.45, 7) is 7.61. The zero-order valence-corrected chi connectivity index (χ0v) is 36.4. The van der Waals surface area contributed by atoms with Crippen molar-refractivity contribution in [3.8, 4) is 40.1 Å². The number of phenolic OH excluding ortho intramolecular Hbond substituents is 2. The van der Waals surface area contributed by atoms with E-state index in [0.29, 0.717) is 49.5 Å². The van der Waals surface area contributed by atoms with Gasteiger partial charge in [0.1, 0.15) is 17.5 Å². The minimum absolute atomic E-state index is 0.00435. The molecule has 1 aromatic heterocycles. The van der Waals surface area contributed by atoms with Crippen LogP contribution in [0.5, 0.6) is 23.0 Å². The van der Waals surface area contributed by atoms with E-state index in [1.807, 2.05) is 13.8 Å². The second-order valence-corrected chi connectivity index (χ2v) is 16.1. The van der Waals surface area contributed by atoms with Gasteiger partial charge in [0.25, 0.3) is 17.7 Å². The standard InChI is InChI=1S/C46H47N9O11/c1-5-47-42(60)40-51-50-39(30-22-29(24(2)3)33(56)23-34(30)57)54(40)26-11-9-25(10-12-26)43(61)53-19-17-52(18-20-53)27-13-15-35(36(21-27)65-4)66-46(64)48-31-8-6-7-28-38(31)45(63)55(44(28)62)32-14-16-37(58)49-41(32)59/h6-13,15,21-24,32,45,56-57,63H,5,14,16-20H2,1-4H3,(H,47,60)(H,48,64)(H,49,58,59). The van der Waals surface area contributed by atoms with Crippen LogP contribution in [0.1, 0.15) is 88.2 Å². The lowest BCUT2D eigenvalue weighted by Crippen LogP contribution is -2.53. The molecular weight excluding hydrogens is 855 g/mol. The quantitative estimate of drug-likeness (QED) is 0.102. The smallest absolute Gasteiger partial charge is 0.417 e. The number of aliphatic hydroxyl groups is 1. The average Bonchev–Trinajstić information content (AvgIpc) is 3.85. The van der Waals surface area contributed by atoms with Crippen molar-refractivity contribution in [1.82, 2.24) is 35.2 Å². The van der Waals surface area contributed by atoms with Crippen LogP contribution in [0.25, 0.3) is 17.1 Å². The van der Waals surface area contributed by atoms with Crippen molar-refractivity contribution in [2.24, 2.45) is 0 Å². The fourth-order valence-electron chi connectivity index (χ4n) is 8.39. The third kappa shape index (κ3) is 8.40. The van der Waals surface area contributed by atoms with Crippen molar-refractivity contribution in [2.45, 2.75) is 51.8 Å². The molecule has 0 saturated carbocycles. The van der Waals surface area contributed by atoms with E-state index in [1.165, 1.54) is 35.9 Å². The largest absolute Gasteiger partial charge is 0.508 e. The third-order valence-electron chi connectivity index (χ3n) is 11.7. The second kappa shape index (κ2) is 18.2. The predicted molar refractivity (Wildman–Crippen MR) is 237 cm³/mol. The number of carbonyl (C=O) groups is 6. The number of aromatic hydroxyl groups is 2. The number of imide groups is 1. The maximum absolute atomic E-state index is 13.8. The molecule has 3 aliphatic rings. The first-order chi connectivity index (χ1) is 31.7. The molecule has 2 atom stereocenters. The number of anilines is 2. The van der Waals surface area contributed by atoms with E-state index < -0.39 is 42.0 Å². The van der Waals surface area contributed by atoms with Crippen LogP contribution in [0, 0.1) is 0 Å². The number of ether oxygens (including phenoxy) is 2. The Labute approximate surface area is 377 Å². The summed E-state index contributed by atoms with van der Waals surface area (Å²) in [6, 6.07) is 17.9. The van der Waals surface area contributed by atoms with Crippen molar-refractivity contribution < 1.29 is 53.6 Å². The van der Waals surface area contributed by atoms with Crippen LogP contribution in [0.15, 0.2) is 72.8 Å². The van der Waals surface area contributed by atoms with E-state index in [2.05, 4.69) is 31.0 Å². The first-order valence-electron chi connectivity index (χ1n) is 21.3. The lowest BCUT2D eigenvalue weighted by Gasteiger charge is -2.36. The zero-order valence-electron chi connectivity index (χ0n) is 36.4. The highest BCUT2D eigenvalue weighted by Gasteiger charge is 2.45. The van der Waals surface area contributed by atoms with E-state index in [0.717, 1.165) is 10.6 Å². The number of hydrogen-bond acceptors (Lipinski definition) is 14. The molecule has 20 heteroatoms. The highest BCUT2D eigenvalue weighted by Crippen LogP contribution is 2.41. The summed E-state index contributed by atoms with van der Waals surface area (Å²) < 4.78 is 12.7. The van der Waals surface area contributed by atoms with Crippen LogP contribution in [0.3, 0.4) is 0 Å². The van der Waals surface area contributed by atoms with Crippen LogP contribution in [-0.2, 0) is 9.59 Å². The molecule has 4 heterocycles. The molecule has 6 amide bonds. The highest BCUT2D eigenvalue weighted by molar-refractivity contribution is 6.07. The first-order valence-corrected chi connectivity index (χ1v) is 21.3. The number of aliphatic hydroxyl groups excluding tert-OH is 1. The summed E-state index contributed by atoms with van der Waals surface area (Å²) >= 11 is 0. The number of nitrogens with one attached hydrogen (secondary N) is 3. The average molecular weight is 902 g/mol. The number of fused-ring (bicyclic) bond motifs is 1. The molecule has 4 aromatic carbocycles. The maximum atomic E-state index is 13.8. The van der Waals surface area contributed by atoms with E-state index in [1.54, 1.807) is 60.4 Å². The van der Waals surface area contributed by atoms with Crippen molar-refractivity contribution in [2.75, 3.05) is 50.1 Å². The van der Waals surface area contributed by atoms with Gasteiger partial charge in [-0.3, -0.25) is 44.1 Å². The topological polar surface area (TPSA) is 258 Å². The number of aromatic nitrogens is 3. The van der Waals surface area contributed by atoms with Gasteiger partial charge in [-0.2, -0.15) is 0 Å². The normalized spacial score (nSPS) is 17.1. The number of rotatable bonds is 11. The molecule has 0 aliphatic carbocycles. The summed E-state index contributed by atoms with van der Waals surface area (Å²) in [5.41, 5.74) is 2.72. The Balaban J connectivity index is 0.919. The van der Waals surface area contributed by atoms with Gasteiger partial charge in [0.05, 0.1) is 18.4 Å². The van der Waals surface area contributed by atoms with E-state index in [4.69, 9.17) is 9.47 Å². The Bertz CT molecular complexity index is 2760. The van der Waals surface area contributed by atoms with E-state index in [-0.39, 0.29) is 81.7 Å². The fourth-order valence-corrected chi connectivity index (χ4v) is 8.39. The zero-order chi connectivity index (χ0) is 47.0. The number of hydrogen-bond donors (Lipinski definition) is 6. The van der Waals surface area contributed by atoms with Crippen LogP contribution < -0.4 is 30.3 Å². The number of phenols is 2. The van der Waals surface area contributed by atoms with Crippen molar-refractivity contribution >= 4 is 47.0 Å². The van der Waals surface area contributed by atoms with Gasteiger partial charge in [-0.25, -0.2) is 4.79 Å². The van der Waals surface area contributed by atoms with Gasteiger partial charge in [0.15, 0.2) is 23.6 Å². The van der Waals surface area contributed by atoms with Gasteiger partial charge in [-0.15, -0.1) is 10.2 Å². The molecule has 2 unspecified atom stereocenters. The monoisotopic (exact) mass is 901 g/mol. The lowest BCUT2D eigenvalue weighted by molar-refractivity contribution is -0.139. The molecule has 66 heavy (non-hydrogen) atoms. The molecule has 342 valence electrons. The number of carbonyl (C=O) groups excluding carboxylic acids is 6. The maximum Gasteiger partial charge on any atom is 0.417 e. The van der Waals surface area contributed by atoms with Crippen molar-refractivity contribution in [1.29, 1.82) is 0 Å². The Morgan fingerprint density at radius 2 is 1.61 bits per heavy atom. The molecule has 2 fully saturated rings. The molecule has 0 spiro atoms. The number of benzene rings is 4. The summed E-state index contributed by atoms with van der Waals surface area (Å²) in [5.74, 6) is -2.41. The van der Waals surface area contributed by atoms with E-state index in [9.17, 15) is 44.1 Å². The number of methoxy groups -OCH3 is 1. The Kier molecular flexibility index (Phi) is 12.3. The molecule has 6 N–H and O–H groups in total. The number of piperidine rings is 1. The molecular formula is C46H47N9O11. The second-order valence-electron chi connectivity index (χ2n) is 16.1. The van der Waals surface area contributed by atoms with Crippen molar-refractivity contribution in [3.63, 3.8) is 0 Å². The number of piperazine rings is 1. The Morgan fingerprint density at radius 3 is 2.29 bits per heavy atom. The first kappa shape index (κ1) is 44.6. The van der Waals surface area contributed by atoms with Gasteiger partial charge in [-0.1, -0.05) is 19.9 Å². The summed E-state index contributed by atoms with van der Waals surface area (Å²) in [7, 11) is 1.42. The van der Waals surface area contributed by atoms with Gasteiger partial charge in [0.2, 0.25) is 17.6 Å². The molecule has 8 rings (SSSR count). The number of nitrogens with zero attached hydrogens (tertiary/aromatic N) is 6. The SMILES string of the molecule is CCNC(=O)c1nnc(-c2cc(C(C)C)c(O)cc2O)n1-c1ccc(C(=O)N2CCN(c3ccc(OC(=O)Nc4cccc5c4C(O)N(C4CCC(=O)NC4=O)C5=O)c(OC)c3)CC2)cc1. The highest BCUT2D eigenvalue weighted by atomic mass is 16.6. The minimum Gasteiger partial charge on any atom is -0.508 e. The minimum atomic E-state index is -1.57. The molecule has 2 saturated heterocycles. The molecule has 0 bridgehead atoms. The van der Waals surface area contributed by atoms with Gasteiger partial charge >= 0.3 is 6.09 Å². The summed E-state index contributed by atoms with van der Waals surface area (Å²) in [6.07, 6.45) is -2.46. The summed E-state index contributed by atoms with van der Waals surface area (Å²) in [5, 5.41) is 48.4. The van der Waals surface area contributed by atoms with Crippen LogP contribution in [0.4, 0.5) is 16.2 Å². The van der Waals surface area contributed by atoms with Crippen molar-refractivity contribution in [3.05, 3.63) is 101 Å². The van der Waals surface area contributed by atoms with Crippen LogP contribution >= 0.6 is 0 Å². The Hall–Kier alpha value is -8.00. The fraction of sp³-hybridized carbons (Fsp3) is 0.304. The number of amides is 6. The molecule has 0 radical (unpaired) electrons. The van der Waals surface area contributed by atoms with Crippen LogP contribution in [-0.4, -0.2) is 121 Å². The van der Waals surface area contributed by atoms with Gasteiger partial charge < -0.3 is 39.9 Å². The van der Waals surface area contributed by atoms with Gasteiger partial charge in [0, 0.05) is 79.3 Å². The van der Waals surface area contributed by atoms with Gasteiger partial charge in [-0.05, 0) is 79.4 Å². The molecule has 3 aliphatic heterocycles. The third-order valence-corrected chi connectivity index (χ3v) is 11.7. The van der Waals surface area contributed by atoms with E-state index >= 15 is 0 Å². The lowest BCUT2D eigenvalue weighted by atomic mass is 9.98. The molecule has 20 nitrogen and oxygen atoms in total.